The molecular weight excluding hydrogens is 407 g/mol. The molecule has 0 radical (unpaired) electrons. The SMILES string of the molecule is NC1=c2ccoc2=NCN1c1ccc(NS(=O)(=O)c2ccc(F)cc2Cl)cc1. The quantitative estimate of drug-likeness (QED) is 0.672. The average Bonchev–Trinajstić information content (AvgIpc) is 3.12. The number of sulfonamides is 1. The Morgan fingerprint density at radius 1 is 1.18 bits per heavy atom. The Morgan fingerprint density at radius 3 is 2.64 bits per heavy atom. The molecular formula is C18H14ClFN4O3S. The summed E-state index contributed by atoms with van der Waals surface area (Å²) >= 11 is 5.85. The van der Waals surface area contributed by atoms with Gasteiger partial charge in [0.2, 0.25) is 5.55 Å². The zero-order valence-electron chi connectivity index (χ0n) is 14.3. The molecule has 0 saturated carbocycles. The number of furan rings is 1. The molecule has 0 spiro atoms. The lowest BCUT2D eigenvalue weighted by Crippen LogP contribution is -2.42. The van der Waals surface area contributed by atoms with Crippen LogP contribution in [0.1, 0.15) is 0 Å². The van der Waals surface area contributed by atoms with Crippen LogP contribution in [0.5, 0.6) is 0 Å². The largest absolute Gasteiger partial charge is 0.446 e. The molecule has 1 aliphatic heterocycles. The molecule has 7 nitrogen and oxygen atoms in total. The standard InChI is InChI=1S/C18H14ClFN4O3S/c19-15-9-11(20)1-6-16(15)28(25,26)23-12-2-4-13(5-3-12)24-10-22-18-14(17(24)21)7-8-27-18/h1-9,23H,10,21H2. The third-order valence-corrected chi connectivity index (χ3v) is 6.05. The average molecular weight is 421 g/mol. The minimum absolute atomic E-state index is 0.197. The van der Waals surface area contributed by atoms with Crippen LogP contribution >= 0.6 is 11.6 Å². The van der Waals surface area contributed by atoms with Crippen LogP contribution in [0.25, 0.3) is 5.82 Å². The first kappa shape index (κ1) is 18.3. The molecule has 0 bridgehead atoms. The Morgan fingerprint density at radius 2 is 1.93 bits per heavy atom. The first-order valence-corrected chi connectivity index (χ1v) is 9.94. The van der Waals surface area contributed by atoms with Crippen LogP contribution < -0.4 is 26.1 Å². The lowest BCUT2D eigenvalue weighted by Gasteiger charge is -2.24. The van der Waals surface area contributed by atoms with Crippen molar-refractivity contribution in [3.63, 3.8) is 0 Å². The minimum atomic E-state index is -3.96. The van der Waals surface area contributed by atoms with Crippen LogP contribution in [-0.4, -0.2) is 15.1 Å². The van der Waals surface area contributed by atoms with Crippen molar-refractivity contribution in [2.45, 2.75) is 4.90 Å². The summed E-state index contributed by atoms with van der Waals surface area (Å²) in [6.07, 6.45) is 1.52. The first-order valence-electron chi connectivity index (χ1n) is 8.08. The number of nitrogens with one attached hydrogen (secondary N) is 1. The fraction of sp³-hybridized carbons (Fsp3) is 0.0556. The second-order valence-electron chi connectivity index (χ2n) is 5.98. The normalized spacial score (nSPS) is 13.8. The van der Waals surface area contributed by atoms with Crippen molar-refractivity contribution in [3.8, 4) is 0 Å². The van der Waals surface area contributed by atoms with E-state index in [0.717, 1.165) is 23.9 Å². The van der Waals surface area contributed by atoms with E-state index in [2.05, 4.69) is 9.71 Å². The van der Waals surface area contributed by atoms with E-state index in [1.165, 1.54) is 6.26 Å². The van der Waals surface area contributed by atoms with E-state index in [0.29, 0.717) is 22.3 Å². The summed E-state index contributed by atoms with van der Waals surface area (Å²) in [7, 11) is -3.96. The molecule has 0 saturated heterocycles. The molecule has 4 rings (SSSR count). The van der Waals surface area contributed by atoms with Crippen molar-refractivity contribution in [2.75, 3.05) is 16.3 Å². The van der Waals surface area contributed by atoms with Gasteiger partial charge >= 0.3 is 0 Å². The Balaban J connectivity index is 1.59. The van der Waals surface area contributed by atoms with Gasteiger partial charge in [0, 0.05) is 11.4 Å². The lowest BCUT2D eigenvalue weighted by molar-refractivity contribution is 0.500. The van der Waals surface area contributed by atoms with Gasteiger partial charge in [-0.3, -0.25) is 4.72 Å². The Kier molecular flexibility index (Phi) is 4.48. The predicted octanol–water partition coefficient (Wildman–Crippen LogP) is 1.99. The van der Waals surface area contributed by atoms with E-state index in [1.807, 2.05) is 0 Å². The Hall–Kier alpha value is -3.04. The number of halogens is 2. The van der Waals surface area contributed by atoms with Gasteiger partial charge in [0.25, 0.3) is 10.0 Å². The summed E-state index contributed by atoms with van der Waals surface area (Å²) in [5.41, 5.74) is 7.71. The van der Waals surface area contributed by atoms with Crippen LogP contribution in [-0.2, 0) is 10.0 Å². The van der Waals surface area contributed by atoms with Gasteiger partial charge in [-0.25, -0.2) is 17.8 Å². The number of benzene rings is 2. The van der Waals surface area contributed by atoms with Crippen molar-refractivity contribution < 1.29 is 17.2 Å². The topological polar surface area (TPSA) is 101 Å². The van der Waals surface area contributed by atoms with Gasteiger partial charge in [0.15, 0.2) is 0 Å². The van der Waals surface area contributed by atoms with Crippen LogP contribution in [0.15, 0.2) is 69.1 Å². The van der Waals surface area contributed by atoms with E-state index < -0.39 is 15.8 Å². The number of nitrogens with zero attached hydrogens (tertiary/aromatic N) is 2. The molecule has 144 valence electrons. The number of rotatable bonds is 4. The van der Waals surface area contributed by atoms with Gasteiger partial charge in [0.05, 0.1) is 16.5 Å². The molecule has 0 fully saturated rings. The van der Waals surface area contributed by atoms with Gasteiger partial charge in [0.1, 0.15) is 23.2 Å². The molecule has 2 heterocycles. The highest BCUT2D eigenvalue weighted by Gasteiger charge is 2.19. The van der Waals surface area contributed by atoms with Crippen LogP contribution in [0, 0.1) is 5.82 Å². The van der Waals surface area contributed by atoms with Crippen molar-refractivity contribution in [1.29, 1.82) is 0 Å². The third kappa shape index (κ3) is 3.30. The zero-order valence-corrected chi connectivity index (χ0v) is 15.8. The van der Waals surface area contributed by atoms with Crippen molar-refractivity contribution in [1.82, 2.24) is 0 Å². The van der Waals surface area contributed by atoms with E-state index in [-0.39, 0.29) is 16.6 Å². The molecule has 1 aromatic heterocycles. The van der Waals surface area contributed by atoms with Crippen LogP contribution in [0.4, 0.5) is 15.8 Å². The van der Waals surface area contributed by atoms with Crippen molar-refractivity contribution in [3.05, 3.63) is 76.4 Å². The highest BCUT2D eigenvalue weighted by Crippen LogP contribution is 2.26. The number of anilines is 2. The highest BCUT2D eigenvalue weighted by molar-refractivity contribution is 7.92. The summed E-state index contributed by atoms with van der Waals surface area (Å²) in [5, 5.41) is 0.499. The molecule has 0 amide bonds. The van der Waals surface area contributed by atoms with Gasteiger partial charge in [-0.2, -0.15) is 0 Å². The smallest absolute Gasteiger partial charge is 0.263 e. The summed E-state index contributed by atoms with van der Waals surface area (Å²) in [6, 6.07) is 11.4. The second-order valence-corrected chi connectivity index (χ2v) is 8.04. The maximum absolute atomic E-state index is 13.2. The van der Waals surface area contributed by atoms with Crippen LogP contribution in [0.3, 0.4) is 0 Å². The lowest BCUT2D eigenvalue weighted by atomic mass is 10.2. The first-order chi connectivity index (χ1) is 13.3. The molecule has 0 atom stereocenters. The van der Waals surface area contributed by atoms with Gasteiger partial charge in [-0.05, 0) is 48.5 Å². The number of nitrogens with two attached hydrogens (primary N) is 1. The molecule has 10 heteroatoms. The zero-order chi connectivity index (χ0) is 19.9. The summed E-state index contributed by atoms with van der Waals surface area (Å²) in [6.45, 7) is 0.280. The molecule has 1 aliphatic rings. The van der Waals surface area contributed by atoms with E-state index in [9.17, 15) is 12.8 Å². The Labute approximate surface area is 164 Å². The van der Waals surface area contributed by atoms with E-state index in [4.69, 9.17) is 21.8 Å². The van der Waals surface area contributed by atoms with Crippen LogP contribution in [0.2, 0.25) is 5.02 Å². The summed E-state index contributed by atoms with van der Waals surface area (Å²) < 4.78 is 45.8. The molecule has 0 aliphatic carbocycles. The van der Waals surface area contributed by atoms with E-state index >= 15 is 0 Å². The minimum Gasteiger partial charge on any atom is -0.446 e. The van der Waals surface area contributed by atoms with Gasteiger partial charge in [-0.15, -0.1) is 0 Å². The molecule has 28 heavy (non-hydrogen) atoms. The summed E-state index contributed by atoms with van der Waals surface area (Å²) in [4.78, 5) is 5.86. The fourth-order valence-electron chi connectivity index (χ4n) is 2.81. The van der Waals surface area contributed by atoms with Gasteiger partial charge < -0.3 is 15.1 Å². The monoisotopic (exact) mass is 420 g/mol. The molecule has 3 aromatic rings. The number of fused-ring (bicyclic) bond motifs is 1. The summed E-state index contributed by atoms with van der Waals surface area (Å²) in [5.74, 6) is -0.125. The molecule has 3 N–H and O–H groups in total. The van der Waals surface area contributed by atoms with Crippen molar-refractivity contribution in [2.24, 2.45) is 10.7 Å². The second kappa shape index (κ2) is 6.84. The third-order valence-electron chi connectivity index (χ3n) is 4.18. The molecule has 0 unspecified atom stereocenters. The fourth-order valence-corrected chi connectivity index (χ4v) is 4.40. The van der Waals surface area contributed by atoms with E-state index in [1.54, 1.807) is 35.2 Å². The Bertz CT molecular complexity index is 1270. The highest BCUT2D eigenvalue weighted by atomic mass is 35.5. The maximum Gasteiger partial charge on any atom is 0.263 e. The maximum atomic E-state index is 13.2. The van der Waals surface area contributed by atoms with Crippen molar-refractivity contribution >= 4 is 38.8 Å². The number of hydrogen-bond acceptors (Lipinski definition) is 6. The molecule has 2 aromatic carbocycles. The predicted molar refractivity (Wildman–Crippen MR) is 103 cm³/mol. The number of hydrogen-bond donors (Lipinski definition) is 2. The van der Waals surface area contributed by atoms with Gasteiger partial charge in [-0.1, -0.05) is 11.6 Å².